The summed E-state index contributed by atoms with van der Waals surface area (Å²) in [6.45, 7) is 6.45. The van der Waals surface area contributed by atoms with Gasteiger partial charge in [-0.3, -0.25) is 9.69 Å². The van der Waals surface area contributed by atoms with Gasteiger partial charge in [-0.1, -0.05) is 5.16 Å². The molecule has 2 aromatic rings. The highest BCUT2D eigenvalue weighted by molar-refractivity contribution is 5.77. The molecule has 1 N–H and O–H groups in total. The second kappa shape index (κ2) is 8.23. The van der Waals surface area contributed by atoms with Crippen molar-refractivity contribution in [1.29, 1.82) is 0 Å². The van der Waals surface area contributed by atoms with Gasteiger partial charge in [-0.15, -0.1) is 0 Å². The minimum Gasteiger partial charge on any atom is -0.497 e. The number of carbonyl (C=O) groups is 1. The van der Waals surface area contributed by atoms with E-state index in [0.29, 0.717) is 5.75 Å². The smallest absolute Gasteiger partial charge is 0.258 e. The number of aryl methyl sites for hydroxylation is 2. The van der Waals surface area contributed by atoms with Gasteiger partial charge >= 0.3 is 0 Å². The van der Waals surface area contributed by atoms with Gasteiger partial charge in [-0.2, -0.15) is 0 Å². The molecule has 7 nitrogen and oxygen atoms in total. The molecule has 0 spiro atoms. The highest BCUT2D eigenvalue weighted by Crippen LogP contribution is 2.19. The van der Waals surface area contributed by atoms with Crippen LogP contribution in [0.1, 0.15) is 23.4 Å². The van der Waals surface area contributed by atoms with Crippen molar-refractivity contribution >= 4 is 5.91 Å². The fourth-order valence-electron chi connectivity index (χ4n) is 3.14. The van der Waals surface area contributed by atoms with Crippen LogP contribution in [0.2, 0.25) is 0 Å². The molecule has 1 saturated heterocycles. The molecule has 7 heteroatoms. The maximum atomic E-state index is 12.1. The van der Waals surface area contributed by atoms with Gasteiger partial charge in [0, 0.05) is 31.2 Å². The van der Waals surface area contributed by atoms with Crippen LogP contribution in [0.15, 0.2) is 28.8 Å². The molecule has 1 aromatic carbocycles. The van der Waals surface area contributed by atoms with Crippen molar-refractivity contribution in [2.24, 2.45) is 0 Å². The van der Waals surface area contributed by atoms with Gasteiger partial charge in [0.05, 0.1) is 12.8 Å². The standard InChI is InChI=1S/C19H25N3O4/c1-13-18(14(2)26-21-13)11-22-9-8-15(10-22)20-19(23)12-25-17-6-4-16(24-3)5-7-17/h4-7,15H,8-12H2,1-3H3,(H,20,23)/t15-/m1/s1. The first-order valence-corrected chi connectivity index (χ1v) is 8.75. The molecule has 1 fully saturated rings. The van der Waals surface area contributed by atoms with E-state index in [4.69, 9.17) is 14.0 Å². The summed E-state index contributed by atoms with van der Waals surface area (Å²) >= 11 is 0. The average molecular weight is 359 g/mol. The summed E-state index contributed by atoms with van der Waals surface area (Å²) in [5.74, 6) is 2.16. The van der Waals surface area contributed by atoms with Crippen LogP contribution in [0.25, 0.3) is 0 Å². The van der Waals surface area contributed by atoms with E-state index in [0.717, 1.165) is 48.8 Å². The van der Waals surface area contributed by atoms with Gasteiger partial charge in [-0.25, -0.2) is 0 Å². The number of nitrogens with one attached hydrogen (secondary N) is 1. The number of amides is 1. The van der Waals surface area contributed by atoms with Crippen LogP contribution in [0, 0.1) is 13.8 Å². The summed E-state index contributed by atoms with van der Waals surface area (Å²) < 4.78 is 15.8. The molecule has 26 heavy (non-hydrogen) atoms. The molecule has 0 unspecified atom stereocenters. The number of benzene rings is 1. The molecule has 0 bridgehead atoms. The number of hydrogen-bond acceptors (Lipinski definition) is 6. The van der Waals surface area contributed by atoms with Gasteiger partial charge in [0.25, 0.3) is 5.91 Å². The summed E-state index contributed by atoms with van der Waals surface area (Å²) in [6.07, 6.45) is 0.928. The number of aromatic nitrogens is 1. The molecule has 0 radical (unpaired) electrons. The predicted molar refractivity (Wildman–Crippen MR) is 96.3 cm³/mol. The van der Waals surface area contributed by atoms with Crippen molar-refractivity contribution in [3.63, 3.8) is 0 Å². The topological polar surface area (TPSA) is 76.8 Å². The van der Waals surface area contributed by atoms with E-state index in [-0.39, 0.29) is 18.6 Å². The van der Waals surface area contributed by atoms with Crippen LogP contribution in [0.3, 0.4) is 0 Å². The second-order valence-corrected chi connectivity index (χ2v) is 6.56. The molecule has 1 aliphatic rings. The van der Waals surface area contributed by atoms with Crippen molar-refractivity contribution in [1.82, 2.24) is 15.4 Å². The minimum atomic E-state index is -0.106. The van der Waals surface area contributed by atoms with Gasteiger partial charge in [0.1, 0.15) is 17.3 Å². The number of hydrogen-bond donors (Lipinski definition) is 1. The molecule has 140 valence electrons. The molecule has 3 rings (SSSR count). The van der Waals surface area contributed by atoms with E-state index < -0.39 is 0 Å². The Morgan fingerprint density at radius 2 is 2.04 bits per heavy atom. The molecule has 1 aromatic heterocycles. The molecule has 0 aliphatic carbocycles. The Morgan fingerprint density at radius 1 is 1.31 bits per heavy atom. The van der Waals surface area contributed by atoms with Crippen molar-refractivity contribution in [3.8, 4) is 11.5 Å². The van der Waals surface area contributed by atoms with Crippen molar-refractivity contribution < 1.29 is 18.8 Å². The lowest BCUT2D eigenvalue weighted by molar-refractivity contribution is -0.123. The maximum Gasteiger partial charge on any atom is 0.258 e. The minimum absolute atomic E-state index is 0.00664. The van der Waals surface area contributed by atoms with Gasteiger partial charge in [0.15, 0.2) is 6.61 Å². The lowest BCUT2D eigenvalue weighted by atomic mass is 10.2. The Kier molecular flexibility index (Phi) is 5.78. The number of rotatable bonds is 7. The van der Waals surface area contributed by atoms with E-state index in [1.54, 1.807) is 31.4 Å². The quantitative estimate of drug-likeness (QED) is 0.816. The van der Waals surface area contributed by atoms with Crippen LogP contribution in [-0.4, -0.2) is 48.8 Å². The lowest BCUT2D eigenvalue weighted by Gasteiger charge is -2.16. The summed E-state index contributed by atoms with van der Waals surface area (Å²) in [4.78, 5) is 14.4. The molecular formula is C19H25N3O4. The molecular weight excluding hydrogens is 334 g/mol. The van der Waals surface area contributed by atoms with Gasteiger partial charge < -0.3 is 19.3 Å². The monoisotopic (exact) mass is 359 g/mol. The van der Waals surface area contributed by atoms with Crippen LogP contribution < -0.4 is 14.8 Å². The first-order chi connectivity index (χ1) is 12.5. The van der Waals surface area contributed by atoms with Crippen LogP contribution in [-0.2, 0) is 11.3 Å². The van der Waals surface area contributed by atoms with E-state index in [1.165, 1.54) is 0 Å². The highest BCUT2D eigenvalue weighted by atomic mass is 16.5. The fourth-order valence-corrected chi connectivity index (χ4v) is 3.14. The Bertz CT molecular complexity index is 722. The summed E-state index contributed by atoms with van der Waals surface area (Å²) in [5.41, 5.74) is 2.07. The predicted octanol–water partition coefficient (Wildman–Crippen LogP) is 2.07. The van der Waals surface area contributed by atoms with Crippen molar-refractivity contribution in [2.45, 2.75) is 32.9 Å². The maximum absolute atomic E-state index is 12.1. The highest BCUT2D eigenvalue weighted by Gasteiger charge is 2.25. The summed E-state index contributed by atoms with van der Waals surface area (Å²) in [6, 6.07) is 7.32. The Morgan fingerprint density at radius 3 is 2.69 bits per heavy atom. The zero-order valence-corrected chi connectivity index (χ0v) is 15.4. The van der Waals surface area contributed by atoms with E-state index in [2.05, 4.69) is 15.4 Å². The van der Waals surface area contributed by atoms with Crippen LogP contribution >= 0.6 is 0 Å². The van der Waals surface area contributed by atoms with Gasteiger partial charge in [-0.05, 0) is 44.5 Å². The summed E-state index contributed by atoms with van der Waals surface area (Å²) in [7, 11) is 1.61. The van der Waals surface area contributed by atoms with E-state index in [9.17, 15) is 4.79 Å². The number of methoxy groups -OCH3 is 1. The molecule has 1 amide bonds. The number of nitrogens with zero attached hydrogens (tertiary/aromatic N) is 2. The first kappa shape index (κ1) is 18.3. The lowest BCUT2D eigenvalue weighted by Crippen LogP contribution is -2.39. The zero-order valence-electron chi connectivity index (χ0n) is 15.4. The fraction of sp³-hybridized carbons (Fsp3) is 0.474. The number of ether oxygens (including phenoxy) is 2. The van der Waals surface area contributed by atoms with Crippen molar-refractivity contribution in [3.05, 3.63) is 41.3 Å². The van der Waals surface area contributed by atoms with E-state index in [1.807, 2.05) is 13.8 Å². The number of likely N-dealkylation sites (tertiary alicyclic amines) is 1. The van der Waals surface area contributed by atoms with Crippen LogP contribution in [0.5, 0.6) is 11.5 Å². The third-order valence-electron chi connectivity index (χ3n) is 4.63. The third-order valence-corrected chi connectivity index (χ3v) is 4.63. The van der Waals surface area contributed by atoms with Gasteiger partial charge in [0.2, 0.25) is 0 Å². The Labute approximate surface area is 153 Å². The third kappa shape index (κ3) is 4.54. The Hall–Kier alpha value is -2.54. The first-order valence-electron chi connectivity index (χ1n) is 8.75. The average Bonchev–Trinajstić information content (AvgIpc) is 3.22. The number of carbonyl (C=O) groups excluding carboxylic acids is 1. The second-order valence-electron chi connectivity index (χ2n) is 6.56. The normalized spacial score (nSPS) is 17.3. The SMILES string of the molecule is COc1ccc(OCC(=O)N[C@@H]2CCN(Cc3c(C)noc3C)C2)cc1. The Balaban J connectivity index is 1.42. The zero-order chi connectivity index (χ0) is 18.5. The largest absolute Gasteiger partial charge is 0.497 e. The molecule has 2 heterocycles. The molecule has 1 aliphatic heterocycles. The molecule has 0 saturated carbocycles. The van der Waals surface area contributed by atoms with E-state index >= 15 is 0 Å². The molecule has 1 atom stereocenters. The van der Waals surface area contributed by atoms with Crippen LogP contribution in [0.4, 0.5) is 0 Å². The summed E-state index contributed by atoms with van der Waals surface area (Å²) in [5, 5.41) is 7.03. The van der Waals surface area contributed by atoms with Crippen molar-refractivity contribution in [2.75, 3.05) is 26.8 Å².